The summed E-state index contributed by atoms with van der Waals surface area (Å²) >= 11 is 0. The Kier molecular flexibility index (Phi) is 2.96. The first-order valence-corrected chi connectivity index (χ1v) is 5.16. The molecule has 1 aliphatic rings. The summed E-state index contributed by atoms with van der Waals surface area (Å²) in [5.74, 6) is 0.656. The Morgan fingerprint density at radius 2 is 2.60 bits per heavy atom. The molecule has 0 aromatic carbocycles. The van der Waals surface area contributed by atoms with Crippen molar-refractivity contribution in [2.75, 3.05) is 19.6 Å². The maximum atomic E-state index is 11.9. The maximum Gasteiger partial charge on any atom is 0.291 e. The molecule has 0 saturated carbocycles. The van der Waals surface area contributed by atoms with Crippen LogP contribution in [0.15, 0.2) is 6.33 Å². The number of nitrogens with two attached hydrogens (primary N) is 1. The summed E-state index contributed by atoms with van der Waals surface area (Å²) in [6.45, 7) is 2.16. The summed E-state index contributed by atoms with van der Waals surface area (Å²) in [6.07, 6.45) is 3.47. The molecule has 3 N–H and O–H groups in total. The van der Waals surface area contributed by atoms with Gasteiger partial charge in [0.1, 0.15) is 6.33 Å². The summed E-state index contributed by atoms with van der Waals surface area (Å²) < 4.78 is 0. The lowest BCUT2D eigenvalue weighted by Gasteiger charge is -2.31. The third-order valence-corrected chi connectivity index (χ3v) is 2.76. The van der Waals surface area contributed by atoms with E-state index in [2.05, 4.69) is 15.2 Å². The van der Waals surface area contributed by atoms with E-state index in [9.17, 15) is 4.79 Å². The minimum Gasteiger partial charge on any atom is -0.336 e. The van der Waals surface area contributed by atoms with Gasteiger partial charge in [0.2, 0.25) is 5.82 Å². The molecule has 0 radical (unpaired) electrons. The Morgan fingerprint density at radius 3 is 3.27 bits per heavy atom. The fraction of sp³-hybridized carbons (Fsp3) is 0.667. The summed E-state index contributed by atoms with van der Waals surface area (Å²) in [5, 5.41) is 6.25. The first kappa shape index (κ1) is 10.1. The zero-order chi connectivity index (χ0) is 10.7. The average Bonchev–Trinajstić information content (AvgIpc) is 2.81. The first-order valence-electron chi connectivity index (χ1n) is 5.16. The molecule has 0 spiro atoms. The normalized spacial score (nSPS) is 21.7. The van der Waals surface area contributed by atoms with Crippen molar-refractivity contribution in [3.8, 4) is 0 Å². The van der Waals surface area contributed by atoms with Crippen LogP contribution in [-0.2, 0) is 0 Å². The topological polar surface area (TPSA) is 87.9 Å². The standard InChI is InChI=1S/C9H15N5O/c10-4-7-2-1-3-14(5-7)9(15)8-11-6-12-13-8/h6-7H,1-5,10H2,(H,11,12,13). The number of amides is 1. The number of piperidine rings is 1. The van der Waals surface area contributed by atoms with Gasteiger partial charge < -0.3 is 10.6 Å². The van der Waals surface area contributed by atoms with Crippen molar-refractivity contribution in [3.05, 3.63) is 12.2 Å². The smallest absolute Gasteiger partial charge is 0.291 e. The summed E-state index contributed by atoms with van der Waals surface area (Å²) in [7, 11) is 0. The highest BCUT2D eigenvalue weighted by atomic mass is 16.2. The molecule has 6 nitrogen and oxygen atoms in total. The Bertz CT molecular complexity index is 323. The third-order valence-electron chi connectivity index (χ3n) is 2.76. The number of carbonyl (C=O) groups excluding carboxylic acids is 1. The molecule has 1 atom stereocenters. The van der Waals surface area contributed by atoms with Crippen molar-refractivity contribution in [2.45, 2.75) is 12.8 Å². The number of carbonyl (C=O) groups is 1. The van der Waals surface area contributed by atoms with E-state index in [1.807, 2.05) is 0 Å². The Hall–Kier alpha value is -1.43. The van der Waals surface area contributed by atoms with E-state index in [-0.39, 0.29) is 5.91 Å². The van der Waals surface area contributed by atoms with Crippen LogP contribution in [-0.4, -0.2) is 45.6 Å². The van der Waals surface area contributed by atoms with E-state index in [4.69, 9.17) is 5.73 Å². The molecule has 2 heterocycles. The molecule has 1 saturated heterocycles. The maximum absolute atomic E-state index is 11.9. The second-order valence-electron chi connectivity index (χ2n) is 3.83. The van der Waals surface area contributed by atoms with Crippen molar-refractivity contribution < 1.29 is 4.79 Å². The van der Waals surface area contributed by atoms with E-state index in [0.717, 1.165) is 25.9 Å². The van der Waals surface area contributed by atoms with Gasteiger partial charge in [-0.15, -0.1) is 0 Å². The lowest BCUT2D eigenvalue weighted by Crippen LogP contribution is -2.42. The number of likely N-dealkylation sites (tertiary alicyclic amines) is 1. The third kappa shape index (κ3) is 2.15. The Labute approximate surface area is 87.9 Å². The highest BCUT2D eigenvalue weighted by Gasteiger charge is 2.24. The van der Waals surface area contributed by atoms with Crippen LogP contribution in [0.5, 0.6) is 0 Å². The SMILES string of the molecule is NCC1CCCN(C(=O)c2ncn[nH]2)C1. The van der Waals surface area contributed by atoms with E-state index < -0.39 is 0 Å². The van der Waals surface area contributed by atoms with Crippen LogP contribution >= 0.6 is 0 Å². The van der Waals surface area contributed by atoms with E-state index in [1.165, 1.54) is 6.33 Å². The molecular weight excluding hydrogens is 194 g/mol. The Balaban J connectivity index is 2.01. The second-order valence-corrected chi connectivity index (χ2v) is 3.83. The fourth-order valence-electron chi connectivity index (χ4n) is 1.90. The zero-order valence-corrected chi connectivity index (χ0v) is 8.52. The molecular formula is C9H15N5O. The molecule has 1 aliphatic heterocycles. The molecule has 1 amide bonds. The summed E-state index contributed by atoms with van der Waals surface area (Å²) in [5.41, 5.74) is 5.61. The van der Waals surface area contributed by atoms with Crippen molar-refractivity contribution in [2.24, 2.45) is 11.7 Å². The predicted octanol–water partition coefficient (Wildman–Crippen LogP) is -0.384. The van der Waals surface area contributed by atoms with Crippen molar-refractivity contribution in [1.82, 2.24) is 20.1 Å². The van der Waals surface area contributed by atoms with Crippen LogP contribution in [0.25, 0.3) is 0 Å². The van der Waals surface area contributed by atoms with Gasteiger partial charge in [-0.2, -0.15) is 5.10 Å². The molecule has 6 heteroatoms. The van der Waals surface area contributed by atoms with E-state index in [0.29, 0.717) is 18.3 Å². The quantitative estimate of drug-likeness (QED) is 0.694. The van der Waals surface area contributed by atoms with Gasteiger partial charge in [-0.3, -0.25) is 9.89 Å². The largest absolute Gasteiger partial charge is 0.336 e. The molecule has 1 unspecified atom stereocenters. The van der Waals surface area contributed by atoms with Crippen LogP contribution in [0.3, 0.4) is 0 Å². The van der Waals surface area contributed by atoms with Crippen LogP contribution < -0.4 is 5.73 Å². The zero-order valence-electron chi connectivity index (χ0n) is 8.52. The van der Waals surface area contributed by atoms with Crippen molar-refractivity contribution in [3.63, 3.8) is 0 Å². The molecule has 82 valence electrons. The molecule has 15 heavy (non-hydrogen) atoms. The monoisotopic (exact) mass is 209 g/mol. The van der Waals surface area contributed by atoms with Gasteiger partial charge in [0.25, 0.3) is 5.91 Å². The van der Waals surface area contributed by atoms with Gasteiger partial charge in [-0.05, 0) is 25.3 Å². The van der Waals surface area contributed by atoms with Crippen LogP contribution in [0, 0.1) is 5.92 Å². The fourth-order valence-corrected chi connectivity index (χ4v) is 1.90. The number of hydrogen-bond acceptors (Lipinski definition) is 4. The number of aromatic amines is 1. The average molecular weight is 209 g/mol. The molecule has 2 rings (SSSR count). The molecule has 0 aliphatic carbocycles. The minimum absolute atomic E-state index is 0.0781. The number of rotatable bonds is 2. The van der Waals surface area contributed by atoms with E-state index >= 15 is 0 Å². The molecule has 0 bridgehead atoms. The first-order chi connectivity index (χ1) is 7.31. The lowest BCUT2D eigenvalue weighted by atomic mass is 9.98. The molecule has 1 aromatic heterocycles. The number of hydrogen-bond donors (Lipinski definition) is 2. The van der Waals surface area contributed by atoms with Crippen LogP contribution in [0.4, 0.5) is 0 Å². The van der Waals surface area contributed by atoms with E-state index in [1.54, 1.807) is 4.90 Å². The second kappa shape index (κ2) is 4.39. The van der Waals surface area contributed by atoms with Gasteiger partial charge in [0.15, 0.2) is 0 Å². The molecule has 1 fully saturated rings. The van der Waals surface area contributed by atoms with Crippen LogP contribution in [0.2, 0.25) is 0 Å². The number of nitrogens with one attached hydrogen (secondary N) is 1. The lowest BCUT2D eigenvalue weighted by molar-refractivity contribution is 0.0666. The minimum atomic E-state index is -0.0781. The van der Waals surface area contributed by atoms with Crippen molar-refractivity contribution in [1.29, 1.82) is 0 Å². The number of aromatic nitrogens is 3. The predicted molar refractivity (Wildman–Crippen MR) is 54.1 cm³/mol. The van der Waals surface area contributed by atoms with Gasteiger partial charge >= 0.3 is 0 Å². The van der Waals surface area contributed by atoms with Gasteiger partial charge in [0.05, 0.1) is 0 Å². The highest BCUT2D eigenvalue weighted by molar-refractivity contribution is 5.90. The van der Waals surface area contributed by atoms with Gasteiger partial charge in [-0.25, -0.2) is 4.98 Å². The summed E-state index contributed by atoms with van der Waals surface area (Å²) in [4.78, 5) is 17.5. The summed E-state index contributed by atoms with van der Waals surface area (Å²) in [6, 6.07) is 0. The molecule has 1 aromatic rings. The number of nitrogens with zero attached hydrogens (tertiary/aromatic N) is 3. The van der Waals surface area contributed by atoms with Gasteiger partial charge in [0, 0.05) is 13.1 Å². The van der Waals surface area contributed by atoms with Crippen molar-refractivity contribution >= 4 is 5.91 Å². The van der Waals surface area contributed by atoms with Gasteiger partial charge in [-0.1, -0.05) is 0 Å². The highest BCUT2D eigenvalue weighted by Crippen LogP contribution is 2.16. The Morgan fingerprint density at radius 1 is 1.73 bits per heavy atom. The number of H-pyrrole nitrogens is 1. The van der Waals surface area contributed by atoms with Crippen LogP contribution in [0.1, 0.15) is 23.5 Å².